The SMILES string of the molecule is CNC(Cc1cc(F)cc(Br)c1)c1ccc(C)nc1C. The molecule has 0 saturated carbocycles. The van der Waals surface area contributed by atoms with Gasteiger partial charge in [0.2, 0.25) is 0 Å². The van der Waals surface area contributed by atoms with E-state index < -0.39 is 0 Å². The van der Waals surface area contributed by atoms with E-state index in [0.29, 0.717) is 0 Å². The van der Waals surface area contributed by atoms with E-state index in [1.165, 1.54) is 6.07 Å². The summed E-state index contributed by atoms with van der Waals surface area (Å²) in [7, 11) is 1.91. The first-order valence-corrected chi connectivity index (χ1v) is 7.35. The van der Waals surface area contributed by atoms with Gasteiger partial charge in [0.1, 0.15) is 5.82 Å². The molecule has 1 atom stereocenters. The van der Waals surface area contributed by atoms with Crippen LogP contribution in [0, 0.1) is 19.7 Å². The van der Waals surface area contributed by atoms with E-state index in [0.717, 1.165) is 33.4 Å². The summed E-state index contributed by atoms with van der Waals surface area (Å²) in [6.45, 7) is 3.99. The molecule has 0 bridgehead atoms. The third-order valence-corrected chi connectivity index (χ3v) is 3.81. The van der Waals surface area contributed by atoms with Gasteiger partial charge in [-0.1, -0.05) is 22.0 Å². The molecule has 20 heavy (non-hydrogen) atoms. The summed E-state index contributed by atoms with van der Waals surface area (Å²) >= 11 is 3.33. The van der Waals surface area contributed by atoms with Crippen molar-refractivity contribution in [2.75, 3.05) is 7.05 Å². The molecule has 1 aromatic heterocycles. The highest BCUT2D eigenvalue weighted by atomic mass is 79.9. The minimum atomic E-state index is -0.219. The lowest BCUT2D eigenvalue weighted by Gasteiger charge is -2.19. The second kappa shape index (κ2) is 6.46. The second-order valence-corrected chi connectivity index (χ2v) is 5.87. The molecule has 4 heteroatoms. The Morgan fingerprint density at radius 1 is 1.25 bits per heavy atom. The molecule has 0 aliphatic heterocycles. The highest BCUT2D eigenvalue weighted by molar-refractivity contribution is 9.10. The molecule has 0 saturated heterocycles. The molecule has 0 aliphatic rings. The van der Waals surface area contributed by atoms with Gasteiger partial charge in [0, 0.05) is 21.9 Å². The first-order chi connectivity index (χ1) is 9.49. The van der Waals surface area contributed by atoms with Crippen LogP contribution in [0.1, 0.15) is 28.6 Å². The van der Waals surface area contributed by atoms with E-state index in [9.17, 15) is 4.39 Å². The minimum Gasteiger partial charge on any atom is -0.313 e. The number of aromatic nitrogens is 1. The summed E-state index contributed by atoms with van der Waals surface area (Å²) in [6, 6.07) is 9.21. The van der Waals surface area contributed by atoms with Crippen LogP contribution in [0.2, 0.25) is 0 Å². The topological polar surface area (TPSA) is 24.9 Å². The Morgan fingerprint density at radius 3 is 2.60 bits per heavy atom. The molecule has 2 aromatic rings. The minimum absolute atomic E-state index is 0.122. The van der Waals surface area contributed by atoms with E-state index in [2.05, 4.69) is 32.3 Å². The average Bonchev–Trinajstić information content (AvgIpc) is 2.35. The second-order valence-electron chi connectivity index (χ2n) is 4.95. The zero-order valence-corrected chi connectivity index (χ0v) is 13.5. The molecule has 2 rings (SSSR count). The fraction of sp³-hybridized carbons (Fsp3) is 0.312. The van der Waals surface area contributed by atoms with Crippen LogP contribution >= 0.6 is 15.9 Å². The molecule has 1 aromatic carbocycles. The lowest BCUT2D eigenvalue weighted by Crippen LogP contribution is -2.20. The van der Waals surface area contributed by atoms with E-state index in [4.69, 9.17) is 0 Å². The van der Waals surface area contributed by atoms with Gasteiger partial charge < -0.3 is 5.32 Å². The number of likely N-dealkylation sites (N-methyl/N-ethyl adjacent to an activating group) is 1. The van der Waals surface area contributed by atoms with Crippen molar-refractivity contribution in [3.63, 3.8) is 0 Å². The summed E-state index contributed by atoms with van der Waals surface area (Å²) in [5.41, 5.74) is 4.13. The highest BCUT2D eigenvalue weighted by Gasteiger charge is 2.14. The van der Waals surface area contributed by atoms with Crippen LogP contribution in [0.3, 0.4) is 0 Å². The number of nitrogens with one attached hydrogen (secondary N) is 1. The maximum atomic E-state index is 13.5. The molecule has 1 N–H and O–H groups in total. The third kappa shape index (κ3) is 3.64. The number of nitrogens with zero attached hydrogens (tertiary/aromatic N) is 1. The van der Waals surface area contributed by atoms with Crippen molar-refractivity contribution in [3.8, 4) is 0 Å². The van der Waals surface area contributed by atoms with Crippen LogP contribution in [-0.4, -0.2) is 12.0 Å². The number of hydrogen-bond acceptors (Lipinski definition) is 2. The number of aryl methyl sites for hydroxylation is 2. The van der Waals surface area contributed by atoms with Gasteiger partial charge in [-0.25, -0.2) is 4.39 Å². The van der Waals surface area contributed by atoms with Crippen LogP contribution in [-0.2, 0) is 6.42 Å². The van der Waals surface area contributed by atoms with E-state index in [-0.39, 0.29) is 11.9 Å². The number of benzene rings is 1. The maximum absolute atomic E-state index is 13.5. The van der Waals surface area contributed by atoms with Gasteiger partial charge in [-0.05, 0) is 62.7 Å². The van der Waals surface area contributed by atoms with Gasteiger partial charge in [0.05, 0.1) is 0 Å². The Morgan fingerprint density at radius 2 is 2.00 bits per heavy atom. The molecule has 1 unspecified atom stereocenters. The van der Waals surface area contributed by atoms with Gasteiger partial charge >= 0.3 is 0 Å². The highest BCUT2D eigenvalue weighted by Crippen LogP contribution is 2.23. The quantitative estimate of drug-likeness (QED) is 0.908. The lowest BCUT2D eigenvalue weighted by molar-refractivity contribution is 0.578. The molecule has 0 amide bonds. The molecule has 2 nitrogen and oxygen atoms in total. The van der Waals surface area contributed by atoms with E-state index in [1.54, 1.807) is 6.07 Å². The summed E-state index contributed by atoms with van der Waals surface area (Å²) in [5.74, 6) is -0.219. The van der Waals surface area contributed by atoms with Crippen LogP contribution < -0.4 is 5.32 Å². The average molecular weight is 337 g/mol. The first kappa shape index (κ1) is 15.1. The molecule has 0 aliphatic carbocycles. The maximum Gasteiger partial charge on any atom is 0.124 e. The summed E-state index contributed by atoms with van der Waals surface area (Å²) < 4.78 is 14.2. The van der Waals surface area contributed by atoms with Crippen molar-refractivity contribution in [2.24, 2.45) is 0 Å². The van der Waals surface area contributed by atoms with E-state index in [1.807, 2.05) is 33.0 Å². The zero-order chi connectivity index (χ0) is 14.7. The normalized spacial score (nSPS) is 12.4. The van der Waals surface area contributed by atoms with Crippen LogP contribution in [0.4, 0.5) is 4.39 Å². The Balaban J connectivity index is 2.28. The number of halogens is 2. The van der Waals surface area contributed by atoms with Crippen molar-refractivity contribution in [1.29, 1.82) is 0 Å². The lowest BCUT2D eigenvalue weighted by atomic mass is 9.97. The van der Waals surface area contributed by atoms with Crippen molar-refractivity contribution in [2.45, 2.75) is 26.3 Å². The molecular weight excluding hydrogens is 319 g/mol. The third-order valence-electron chi connectivity index (χ3n) is 3.35. The molecule has 0 fully saturated rings. The van der Waals surface area contributed by atoms with Gasteiger partial charge in [-0.3, -0.25) is 4.98 Å². The molecule has 0 radical (unpaired) electrons. The van der Waals surface area contributed by atoms with Crippen molar-refractivity contribution < 1.29 is 4.39 Å². The fourth-order valence-corrected chi connectivity index (χ4v) is 2.91. The number of pyridine rings is 1. The van der Waals surface area contributed by atoms with Crippen molar-refractivity contribution in [3.05, 3.63) is 63.1 Å². The Hall–Kier alpha value is -1.26. The smallest absolute Gasteiger partial charge is 0.124 e. The predicted molar refractivity (Wildman–Crippen MR) is 83.3 cm³/mol. The van der Waals surface area contributed by atoms with E-state index >= 15 is 0 Å². The van der Waals surface area contributed by atoms with Crippen LogP contribution in [0.15, 0.2) is 34.8 Å². The molecular formula is C16H18BrFN2. The Labute approximate surface area is 127 Å². The molecule has 106 valence electrons. The van der Waals surface area contributed by atoms with Crippen molar-refractivity contribution >= 4 is 15.9 Å². The Bertz CT molecular complexity index is 593. The molecule has 1 heterocycles. The fourth-order valence-electron chi connectivity index (χ4n) is 2.40. The summed E-state index contributed by atoms with van der Waals surface area (Å²) in [6.07, 6.45) is 0.721. The van der Waals surface area contributed by atoms with Crippen molar-refractivity contribution in [1.82, 2.24) is 10.3 Å². The monoisotopic (exact) mass is 336 g/mol. The van der Waals surface area contributed by atoms with Gasteiger partial charge in [0.15, 0.2) is 0 Å². The van der Waals surface area contributed by atoms with Gasteiger partial charge in [-0.2, -0.15) is 0 Å². The number of hydrogen-bond donors (Lipinski definition) is 1. The Kier molecular flexibility index (Phi) is 4.89. The first-order valence-electron chi connectivity index (χ1n) is 6.56. The number of rotatable bonds is 4. The summed E-state index contributed by atoms with van der Waals surface area (Å²) in [5, 5.41) is 3.29. The van der Waals surface area contributed by atoms with Gasteiger partial charge in [-0.15, -0.1) is 0 Å². The van der Waals surface area contributed by atoms with Crippen LogP contribution in [0.25, 0.3) is 0 Å². The predicted octanol–water partition coefficient (Wildman–Crippen LogP) is 4.10. The summed E-state index contributed by atoms with van der Waals surface area (Å²) in [4.78, 5) is 4.50. The largest absolute Gasteiger partial charge is 0.313 e. The zero-order valence-electron chi connectivity index (χ0n) is 11.9. The van der Waals surface area contributed by atoms with Gasteiger partial charge in [0.25, 0.3) is 0 Å². The molecule has 0 spiro atoms. The van der Waals surface area contributed by atoms with Crippen LogP contribution in [0.5, 0.6) is 0 Å². The standard InChI is InChI=1S/C16H18BrFN2/c1-10-4-5-15(11(2)20-10)16(19-3)8-12-6-13(17)9-14(18)7-12/h4-7,9,16,19H,8H2,1-3H3.